The van der Waals surface area contributed by atoms with E-state index in [1.807, 2.05) is 41.0 Å². The van der Waals surface area contributed by atoms with Crippen LogP contribution in [0.4, 0.5) is 5.69 Å². The topological polar surface area (TPSA) is 74.8 Å². The minimum absolute atomic E-state index is 0.0239. The number of nitriles is 1. The van der Waals surface area contributed by atoms with Gasteiger partial charge in [-0.1, -0.05) is 36.0 Å². The molecule has 0 aliphatic heterocycles. The summed E-state index contributed by atoms with van der Waals surface area (Å²) in [7, 11) is 0. The highest BCUT2D eigenvalue weighted by Gasteiger charge is 2.30. The van der Waals surface area contributed by atoms with Crippen molar-refractivity contribution in [2.75, 3.05) is 17.2 Å². The Morgan fingerprint density at radius 3 is 2.80 bits per heavy atom. The molecule has 128 valence electrons. The average molecular weight is 353 g/mol. The number of aromatic nitrogens is 3. The van der Waals surface area contributed by atoms with Crippen LogP contribution in [0.5, 0.6) is 0 Å². The number of nitrogens with zero attached hydrogens (tertiary/aromatic N) is 5. The molecule has 3 rings (SSSR count). The third-order valence-electron chi connectivity index (χ3n) is 3.92. The molecule has 0 saturated heterocycles. The molecule has 1 aliphatic carbocycles. The van der Waals surface area contributed by atoms with Crippen LogP contribution in [-0.2, 0) is 11.3 Å². The minimum Gasteiger partial charge on any atom is -0.302 e. The maximum atomic E-state index is 12.6. The lowest BCUT2D eigenvalue weighted by atomic mass is 10.3. The molecule has 7 heteroatoms. The molecular weight excluding hydrogens is 334 g/mol. The van der Waals surface area contributed by atoms with Crippen LogP contribution in [0, 0.1) is 11.3 Å². The van der Waals surface area contributed by atoms with Gasteiger partial charge in [-0.05, 0) is 25.0 Å². The molecule has 6 nitrogen and oxygen atoms in total. The third-order valence-corrected chi connectivity index (χ3v) is 4.87. The second kappa shape index (κ2) is 7.99. The molecule has 0 unspecified atom stereocenters. The Bertz CT molecular complexity index is 792. The summed E-state index contributed by atoms with van der Waals surface area (Å²) in [5.41, 5.74) is 0.723. The lowest BCUT2D eigenvalue weighted by Gasteiger charge is -2.19. The van der Waals surface area contributed by atoms with Gasteiger partial charge in [0.05, 0.1) is 11.8 Å². The smallest absolute Gasteiger partial charge is 0.238 e. The van der Waals surface area contributed by atoms with Crippen molar-refractivity contribution in [3.05, 3.63) is 48.8 Å². The zero-order valence-corrected chi connectivity index (χ0v) is 14.7. The molecule has 25 heavy (non-hydrogen) atoms. The number of rotatable bonds is 8. The van der Waals surface area contributed by atoms with E-state index in [9.17, 15) is 4.79 Å². The van der Waals surface area contributed by atoms with Crippen LogP contribution in [0.25, 0.3) is 0 Å². The van der Waals surface area contributed by atoms with E-state index >= 15 is 0 Å². The normalized spacial score (nSPS) is 13.2. The van der Waals surface area contributed by atoms with Gasteiger partial charge in [0.2, 0.25) is 5.91 Å². The quantitative estimate of drug-likeness (QED) is 0.414. The number of carbonyl (C=O) groups excluding carboxylic acids is 1. The van der Waals surface area contributed by atoms with Crippen molar-refractivity contribution in [1.82, 2.24) is 14.8 Å². The molecule has 0 bridgehead atoms. The van der Waals surface area contributed by atoms with Crippen LogP contribution in [0.15, 0.2) is 48.1 Å². The van der Waals surface area contributed by atoms with Gasteiger partial charge in [0, 0.05) is 18.2 Å². The van der Waals surface area contributed by atoms with Crippen LogP contribution >= 0.6 is 11.8 Å². The van der Waals surface area contributed by atoms with Crippen molar-refractivity contribution < 1.29 is 4.79 Å². The van der Waals surface area contributed by atoms with Gasteiger partial charge < -0.3 is 4.57 Å². The molecule has 0 atom stereocenters. The van der Waals surface area contributed by atoms with Crippen molar-refractivity contribution in [3.63, 3.8) is 0 Å². The Balaban J connectivity index is 1.71. The summed E-state index contributed by atoms with van der Waals surface area (Å²) in [4.78, 5) is 14.1. The fraction of sp³-hybridized carbons (Fsp3) is 0.333. The van der Waals surface area contributed by atoms with E-state index in [-0.39, 0.29) is 18.2 Å². The summed E-state index contributed by atoms with van der Waals surface area (Å²) in [6.07, 6.45) is 4.10. The molecule has 2 aromatic rings. The van der Waals surface area contributed by atoms with Crippen molar-refractivity contribution in [2.45, 2.75) is 30.5 Å². The molecule has 1 saturated carbocycles. The first kappa shape index (κ1) is 17.2. The molecule has 0 spiro atoms. The van der Waals surface area contributed by atoms with Gasteiger partial charge in [0.25, 0.3) is 0 Å². The molecule has 0 radical (unpaired) electrons. The molecule has 1 aromatic heterocycles. The fourth-order valence-electron chi connectivity index (χ4n) is 2.56. The van der Waals surface area contributed by atoms with E-state index < -0.39 is 0 Å². The molecule has 1 heterocycles. The van der Waals surface area contributed by atoms with E-state index in [2.05, 4.69) is 22.8 Å². The lowest BCUT2D eigenvalue weighted by molar-refractivity contribution is -0.116. The van der Waals surface area contributed by atoms with E-state index in [0.29, 0.717) is 12.5 Å². The zero-order valence-electron chi connectivity index (χ0n) is 13.8. The Morgan fingerprint density at radius 2 is 2.16 bits per heavy atom. The fourth-order valence-corrected chi connectivity index (χ4v) is 3.39. The van der Waals surface area contributed by atoms with Crippen molar-refractivity contribution in [2.24, 2.45) is 0 Å². The third kappa shape index (κ3) is 4.09. The summed E-state index contributed by atoms with van der Waals surface area (Å²) >= 11 is 1.35. The number of para-hydroxylation sites is 1. The van der Waals surface area contributed by atoms with Gasteiger partial charge in [-0.3, -0.25) is 9.69 Å². The Kier molecular flexibility index (Phi) is 5.51. The first-order chi connectivity index (χ1) is 12.2. The second-order valence-electron chi connectivity index (χ2n) is 5.78. The van der Waals surface area contributed by atoms with Crippen LogP contribution in [0.2, 0.25) is 0 Å². The van der Waals surface area contributed by atoms with Crippen LogP contribution in [-0.4, -0.2) is 33.0 Å². The molecule has 1 amide bonds. The maximum absolute atomic E-state index is 12.6. The van der Waals surface area contributed by atoms with Gasteiger partial charge >= 0.3 is 0 Å². The van der Waals surface area contributed by atoms with Crippen LogP contribution in [0.1, 0.15) is 24.6 Å². The summed E-state index contributed by atoms with van der Waals surface area (Å²) in [5.74, 6) is 1.54. The largest absolute Gasteiger partial charge is 0.302 e. The molecule has 1 fully saturated rings. The number of amides is 1. The number of benzene rings is 1. The number of hydrogen-bond donors (Lipinski definition) is 0. The van der Waals surface area contributed by atoms with Gasteiger partial charge in [-0.2, -0.15) is 5.26 Å². The number of anilines is 1. The van der Waals surface area contributed by atoms with Crippen LogP contribution < -0.4 is 4.90 Å². The molecular formula is C18H19N5OS. The summed E-state index contributed by atoms with van der Waals surface area (Å²) in [5, 5.41) is 18.3. The Labute approximate surface area is 151 Å². The summed E-state index contributed by atoms with van der Waals surface area (Å²) in [6, 6.07) is 11.3. The Hall–Kier alpha value is -2.59. The highest BCUT2D eigenvalue weighted by molar-refractivity contribution is 7.99. The lowest BCUT2D eigenvalue weighted by Crippen LogP contribution is -2.32. The van der Waals surface area contributed by atoms with Crippen molar-refractivity contribution in [3.8, 4) is 6.07 Å². The van der Waals surface area contributed by atoms with Gasteiger partial charge in [-0.15, -0.1) is 16.8 Å². The summed E-state index contributed by atoms with van der Waals surface area (Å²) < 4.78 is 2.03. The van der Waals surface area contributed by atoms with Gasteiger partial charge in [0.1, 0.15) is 12.4 Å². The molecule has 0 N–H and O–H groups in total. The number of hydrogen-bond acceptors (Lipinski definition) is 5. The van der Waals surface area contributed by atoms with Crippen molar-refractivity contribution >= 4 is 23.4 Å². The highest BCUT2D eigenvalue weighted by Crippen LogP contribution is 2.40. The van der Waals surface area contributed by atoms with E-state index in [4.69, 9.17) is 5.26 Å². The first-order valence-electron chi connectivity index (χ1n) is 8.13. The van der Waals surface area contributed by atoms with Gasteiger partial charge in [-0.25, -0.2) is 0 Å². The first-order valence-corrected chi connectivity index (χ1v) is 9.12. The molecule has 1 aromatic carbocycles. The highest BCUT2D eigenvalue weighted by atomic mass is 32.2. The predicted molar refractivity (Wildman–Crippen MR) is 97.3 cm³/mol. The monoisotopic (exact) mass is 353 g/mol. The minimum atomic E-state index is -0.126. The van der Waals surface area contributed by atoms with E-state index in [1.54, 1.807) is 0 Å². The van der Waals surface area contributed by atoms with E-state index in [0.717, 1.165) is 29.5 Å². The zero-order chi connectivity index (χ0) is 17.6. The number of carbonyl (C=O) groups is 1. The maximum Gasteiger partial charge on any atom is 0.238 e. The van der Waals surface area contributed by atoms with Gasteiger partial charge in [0.15, 0.2) is 5.16 Å². The van der Waals surface area contributed by atoms with E-state index in [1.165, 1.54) is 16.7 Å². The molecule has 1 aliphatic rings. The Morgan fingerprint density at radius 1 is 1.40 bits per heavy atom. The number of thioether (sulfide) groups is 1. The number of allylic oxidation sites excluding steroid dienone is 1. The predicted octanol–water partition coefficient (Wildman–Crippen LogP) is 2.99. The second-order valence-corrected chi connectivity index (χ2v) is 6.72. The van der Waals surface area contributed by atoms with Crippen LogP contribution in [0.3, 0.4) is 0 Å². The average Bonchev–Trinajstić information content (AvgIpc) is 3.40. The SMILES string of the molecule is C=CCn1c(SCC(=O)N(CC#N)c2ccccc2)nnc1C1CC1. The standard InChI is InChI=1S/C18H19N5OS/c1-2-11-23-17(14-8-9-14)20-21-18(23)25-13-16(24)22(12-10-19)15-6-4-3-5-7-15/h2-7,14H,1,8-9,11-13H2. The van der Waals surface area contributed by atoms with Crippen molar-refractivity contribution in [1.29, 1.82) is 5.26 Å². The summed E-state index contributed by atoms with van der Waals surface area (Å²) in [6.45, 7) is 4.45.